The van der Waals surface area contributed by atoms with Gasteiger partial charge in [-0.05, 0) is 24.6 Å². The van der Waals surface area contributed by atoms with Crippen LogP contribution in [0.2, 0.25) is 5.02 Å². The van der Waals surface area contributed by atoms with Gasteiger partial charge in [-0.1, -0.05) is 11.6 Å². The van der Waals surface area contributed by atoms with Crippen molar-refractivity contribution < 1.29 is 9.57 Å². The minimum Gasteiger partial charge on any atom is -0.495 e. The Morgan fingerprint density at radius 1 is 1.50 bits per heavy atom. The Morgan fingerprint density at radius 3 is 2.94 bits per heavy atom. The zero-order chi connectivity index (χ0) is 11.5. The molecule has 1 fully saturated rings. The third-order valence-corrected chi connectivity index (χ3v) is 3.05. The second kappa shape index (κ2) is 4.91. The van der Waals surface area contributed by atoms with E-state index in [9.17, 15) is 0 Å². The molecule has 0 aliphatic carbocycles. The first-order valence-corrected chi connectivity index (χ1v) is 5.56. The molecule has 5 heteroatoms. The second-order valence-electron chi connectivity index (χ2n) is 3.81. The lowest BCUT2D eigenvalue weighted by molar-refractivity contribution is 0.0690. The van der Waals surface area contributed by atoms with Gasteiger partial charge in [0.25, 0.3) is 0 Å². The summed E-state index contributed by atoms with van der Waals surface area (Å²) in [6.07, 6.45) is 1.01. The highest BCUT2D eigenvalue weighted by Gasteiger charge is 2.24. The normalized spacial score (nSPS) is 20.2. The van der Waals surface area contributed by atoms with Crippen molar-refractivity contribution in [3.05, 3.63) is 23.2 Å². The van der Waals surface area contributed by atoms with E-state index in [0.717, 1.165) is 30.9 Å². The smallest absolute Gasteiger partial charge is 0.142 e. The van der Waals surface area contributed by atoms with Crippen LogP contribution >= 0.6 is 11.6 Å². The van der Waals surface area contributed by atoms with Crippen LogP contribution in [0, 0.1) is 0 Å². The van der Waals surface area contributed by atoms with Gasteiger partial charge >= 0.3 is 0 Å². The monoisotopic (exact) mass is 242 g/mol. The summed E-state index contributed by atoms with van der Waals surface area (Å²) in [5.41, 5.74) is 0.995. The molecule has 1 aliphatic heterocycles. The largest absolute Gasteiger partial charge is 0.495 e. The highest BCUT2D eigenvalue weighted by atomic mass is 35.5. The molecule has 0 saturated carbocycles. The molecule has 0 spiro atoms. The van der Waals surface area contributed by atoms with E-state index >= 15 is 0 Å². The first kappa shape index (κ1) is 11.5. The van der Waals surface area contributed by atoms with Gasteiger partial charge in [-0.2, -0.15) is 0 Å². The van der Waals surface area contributed by atoms with Gasteiger partial charge < -0.3 is 9.64 Å². The van der Waals surface area contributed by atoms with Crippen molar-refractivity contribution in [3.8, 4) is 5.75 Å². The van der Waals surface area contributed by atoms with Crippen LogP contribution in [0.15, 0.2) is 18.2 Å². The SMILES string of the molecule is COc1ccc(Cl)cc1N1CCC(ON)C1. The summed E-state index contributed by atoms with van der Waals surface area (Å²) < 4.78 is 5.31. The van der Waals surface area contributed by atoms with Gasteiger partial charge in [0.1, 0.15) is 5.75 Å². The lowest BCUT2D eigenvalue weighted by Gasteiger charge is -2.21. The predicted octanol–water partition coefficient (Wildman–Crippen LogP) is 1.82. The Balaban J connectivity index is 2.22. The number of anilines is 1. The fourth-order valence-electron chi connectivity index (χ4n) is 1.97. The molecule has 4 nitrogen and oxygen atoms in total. The molecule has 1 heterocycles. The molecule has 2 N–H and O–H groups in total. The van der Waals surface area contributed by atoms with Gasteiger partial charge in [-0.3, -0.25) is 4.84 Å². The molecule has 1 atom stereocenters. The molecule has 88 valence electrons. The van der Waals surface area contributed by atoms with Crippen molar-refractivity contribution in [2.45, 2.75) is 12.5 Å². The van der Waals surface area contributed by atoms with Crippen molar-refractivity contribution in [2.24, 2.45) is 5.90 Å². The number of rotatable bonds is 3. The molecule has 1 aliphatic rings. The number of hydrogen-bond donors (Lipinski definition) is 1. The number of benzene rings is 1. The number of ether oxygens (including phenoxy) is 1. The number of nitrogens with zero attached hydrogens (tertiary/aromatic N) is 1. The van der Waals surface area contributed by atoms with Crippen LogP contribution in [0.3, 0.4) is 0 Å². The maximum absolute atomic E-state index is 5.98. The molecule has 1 aromatic rings. The maximum Gasteiger partial charge on any atom is 0.142 e. The highest BCUT2D eigenvalue weighted by molar-refractivity contribution is 6.30. The summed E-state index contributed by atoms with van der Waals surface area (Å²) in [5.74, 6) is 6.01. The van der Waals surface area contributed by atoms with Crippen LogP contribution in [0.1, 0.15) is 6.42 Å². The standard InChI is InChI=1S/C11H15ClN2O2/c1-15-11-3-2-8(12)6-10(11)14-5-4-9(7-14)16-13/h2-3,6,9H,4-5,7,13H2,1H3. The highest BCUT2D eigenvalue weighted by Crippen LogP contribution is 2.33. The van der Waals surface area contributed by atoms with Gasteiger partial charge in [0.2, 0.25) is 0 Å². The predicted molar refractivity (Wildman–Crippen MR) is 63.9 cm³/mol. The van der Waals surface area contributed by atoms with Gasteiger partial charge in [0.05, 0.1) is 18.9 Å². The maximum atomic E-state index is 5.98. The third-order valence-electron chi connectivity index (χ3n) is 2.82. The molecule has 1 saturated heterocycles. The van der Waals surface area contributed by atoms with Crippen molar-refractivity contribution in [1.82, 2.24) is 0 Å². The van der Waals surface area contributed by atoms with Gasteiger partial charge in [0.15, 0.2) is 0 Å². The van der Waals surface area contributed by atoms with E-state index in [2.05, 4.69) is 4.90 Å². The average molecular weight is 243 g/mol. The Bertz CT molecular complexity index is 373. The Morgan fingerprint density at radius 2 is 2.31 bits per heavy atom. The van der Waals surface area contributed by atoms with E-state index in [1.165, 1.54) is 0 Å². The van der Waals surface area contributed by atoms with Gasteiger partial charge in [0, 0.05) is 18.1 Å². The van der Waals surface area contributed by atoms with Crippen LogP contribution < -0.4 is 15.5 Å². The topological polar surface area (TPSA) is 47.7 Å². The molecule has 0 aromatic heterocycles. The number of nitrogens with two attached hydrogens (primary N) is 1. The van der Waals surface area contributed by atoms with Gasteiger partial charge in [-0.15, -0.1) is 0 Å². The molecule has 1 unspecified atom stereocenters. The van der Waals surface area contributed by atoms with Crippen LogP contribution in [-0.2, 0) is 4.84 Å². The quantitative estimate of drug-likeness (QED) is 0.822. The molecule has 2 rings (SSSR count). The molecule has 0 amide bonds. The summed E-state index contributed by atoms with van der Waals surface area (Å²) in [5, 5.41) is 0.702. The fourth-order valence-corrected chi connectivity index (χ4v) is 2.13. The molecule has 16 heavy (non-hydrogen) atoms. The zero-order valence-electron chi connectivity index (χ0n) is 9.15. The lowest BCUT2D eigenvalue weighted by Crippen LogP contribution is -2.24. The minimum atomic E-state index is 0.0867. The van der Waals surface area contributed by atoms with Crippen molar-refractivity contribution >= 4 is 17.3 Å². The van der Waals surface area contributed by atoms with Crippen LogP contribution in [0.5, 0.6) is 5.75 Å². The van der Waals surface area contributed by atoms with Crippen molar-refractivity contribution in [1.29, 1.82) is 0 Å². The molecule has 0 bridgehead atoms. The minimum absolute atomic E-state index is 0.0867. The number of methoxy groups -OCH3 is 1. The van der Waals surface area contributed by atoms with Crippen LogP contribution in [0.4, 0.5) is 5.69 Å². The Hall–Kier alpha value is -0.970. The van der Waals surface area contributed by atoms with Crippen LogP contribution in [-0.4, -0.2) is 26.3 Å². The van der Waals surface area contributed by atoms with Crippen LogP contribution in [0.25, 0.3) is 0 Å². The molecular weight excluding hydrogens is 228 g/mol. The lowest BCUT2D eigenvalue weighted by atomic mass is 10.2. The summed E-state index contributed by atoms with van der Waals surface area (Å²) in [7, 11) is 1.65. The average Bonchev–Trinajstić information content (AvgIpc) is 2.77. The van der Waals surface area contributed by atoms with Crippen molar-refractivity contribution in [2.75, 3.05) is 25.1 Å². The molecule has 0 radical (unpaired) electrons. The summed E-state index contributed by atoms with van der Waals surface area (Å²) in [4.78, 5) is 7.02. The first-order valence-electron chi connectivity index (χ1n) is 5.18. The second-order valence-corrected chi connectivity index (χ2v) is 4.25. The first-order chi connectivity index (χ1) is 7.74. The fraction of sp³-hybridized carbons (Fsp3) is 0.455. The van der Waals surface area contributed by atoms with E-state index in [-0.39, 0.29) is 6.10 Å². The number of hydrogen-bond acceptors (Lipinski definition) is 4. The van der Waals surface area contributed by atoms with Gasteiger partial charge in [-0.25, -0.2) is 5.90 Å². The van der Waals surface area contributed by atoms with E-state index < -0.39 is 0 Å². The van der Waals surface area contributed by atoms with E-state index in [4.69, 9.17) is 27.1 Å². The summed E-state index contributed by atoms with van der Waals surface area (Å²) in [6.45, 7) is 1.67. The van der Waals surface area contributed by atoms with E-state index in [1.807, 2.05) is 18.2 Å². The Labute approximate surface area is 99.8 Å². The van der Waals surface area contributed by atoms with E-state index in [0.29, 0.717) is 5.02 Å². The molecule has 1 aromatic carbocycles. The third kappa shape index (κ3) is 2.24. The zero-order valence-corrected chi connectivity index (χ0v) is 9.91. The summed E-state index contributed by atoms with van der Waals surface area (Å²) >= 11 is 5.98. The Kier molecular flexibility index (Phi) is 3.53. The molecular formula is C11H15ClN2O2. The number of halogens is 1. The van der Waals surface area contributed by atoms with Crippen molar-refractivity contribution in [3.63, 3.8) is 0 Å². The summed E-state index contributed by atoms with van der Waals surface area (Å²) in [6, 6.07) is 5.59. The van der Waals surface area contributed by atoms with E-state index in [1.54, 1.807) is 7.11 Å².